The van der Waals surface area contributed by atoms with Gasteiger partial charge in [0.15, 0.2) is 24.9 Å². The molecule has 0 radical (unpaired) electrons. The first-order chi connectivity index (χ1) is 12.9. The highest BCUT2D eigenvalue weighted by Gasteiger charge is 2.51. The second-order valence-electron chi connectivity index (χ2n) is 8.53. The quantitative estimate of drug-likeness (QED) is 0.457. The predicted molar refractivity (Wildman–Crippen MR) is 111 cm³/mol. The molecule has 3 atom stereocenters. The highest BCUT2D eigenvalue weighted by molar-refractivity contribution is 6.74. The Morgan fingerprint density at radius 2 is 1.93 bits per heavy atom. The number of fused-ring (bicyclic) bond motifs is 1. The number of hydrogen-bond acceptors (Lipinski definition) is 7. The summed E-state index contributed by atoms with van der Waals surface area (Å²) in [5, 5.41) is 0.110. The van der Waals surface area contributed by atoms with E-state index < -0.39 is 26.6 Å². The first kappa shape index (κ1) is 20.9. The molecule has 1 aliphatic rings. The Bertz CT molecular complexity index is 953. The van der Waals surface area contributed by atoms with Crippen LogP contribution in [0.2, 0.25) is 23.3 Å². The number of nitrogens with zero attached hydrogens (tertiary/aromatic N) is 4. The topological polar surface area (TPSA) is 105 Å². The zero-order valence-electron chi connectivity index (χ0n) is 17.0. The van der Waals surface area contributed by atoms with Crippen molar-refractivity contribution in [1.29, 1.82) is 0 Å². The van der Waals surface area contributed by atoms with Crippen LogP contribution in [-0.2, 0) is 14.0 Å². The highest BCUT2D eigenvalue weighted by Crippen LogP contribution is 2.43. The van der Waals surface area contributed by atoms with Gasteiger partial charge >= 0.3 is 0 Å². The second kappa shape index (κ2) is 6.91. The van der Waals surface area contributed by atoms with Crippen LogP contribution in [0.4, 0.5) is 5.95 Å². The maximum atomic E-state index is 13.2. The number of nitrogens with two attached hydrogens (primary N) is 1. The van der Waals surface area contributed by atoms with Gasteiger partial charge in [-0.05, 0) is 23.7 Å². The summed E-state index contributed by atoms with van der Waals surface area (Å²) in [6, 6.07) is -0.727. The minimum absolute atomic E-state index is 0.00710. The molecular weight excluding hydrogens is 398 g/mol. The zero-order valence-corrected chi connectivity index (χ0v) is 18.7. The molecule has 10 heteroatoms. The number of aromatic nitrogens is 4. The number of rotatable bonds is 4. The molecule has 0 spiro atoms. The molecule has 1 fully saturated rings. The van der Waals surface area contributed by atoms with Crippen LogP contribution < -0.4 is 5.73 Å². The molecule has 0 aromatic carbocycles. The van der Waals surface area contributed by atoms with Crippen LogP contribution in [0.3, 0.4) is 0 Å². The second-order valence-corrected chi connectivity index (χ2v) is 13.6. The number of methoxy groups -OCH3 is 1. The third-order valence-corrected chi connectivity index (χ3v) is 10.4. The average molecular weight is 424 g/mol. The van der Waals surface area contributed by atoms with Gasteiger partial charge < -0.3 is 19.5 Å². The summed E-state index contributed by atoms with van der Waals surface area (Å²) in [6.45, 7) is 14.9. The largest absolute Gasteiger partial charge is 0.407 e. The number of nitrogen functional groups attached to an aromatic ring is 1. The Kier molecular flexibility index (Phi) is 5.16. The fourth-order valence-corrected chi connectivity index (χ4v) is 4.59. The molecule has 1 aliphatic carbocycles. The van der Waals surface area contributed by atoms with E-state index >= 15 is 0 Å². The molecule has 152 valence electrons. The number of ether oxygens (including phenoxy) is 1. The van der Waals surface area contributed by atoms with E-state index in [1.165, 1.54) is 13.4 Å². The number of ketones is 1. The van der Waals surface area contributed by atoms with Gasteiger partial charge in [0.2, 0.25) is 5.95 Å². The van der Waals surface area contributed by atoms with E-state index in [1.807, 2.05) is 0 Å². The van der Waals surface area contributed by atoms with Crippen molar-refractivity contribution in [2.45, 2.75) is 57.2 Å². The van der Waals surface area contributed by atoms with Crippen molar-refractivity contribution >= 4 is 42.8 Å². The Morgan fingerprint density at radius 1 is 1.29 bits per heavy atom. The molecule has 2 N–H and O–H groups in total. The molecule has 28 heavy (non-hydrogen) atoms. The Morgan fingerprint density at radius 3 is 2.50 bits per heavy atom. The van der Waals surface area contributed by atoms with E-state index in [4.69, 9.17) is 26.5 Å². The van der Waals surface area contributed by atoms with Crippen molar-refractivity contribution in [3.05, 3.63) is 23.6 Å². The lowest BCUT2D eigenvalue weighted by atomic mass is 10.1. The average Bonchev–Trinajstić information content (AvgIpc) is 3.06. The summed E-state index contributed by atoms with van der Waals surface area (Å²) in [7, 11) is -0.667. The minimum atomic E-state index is -2.17. The van der Waals surface area contributed by atoms with Gasteiger partial charge in [-0.1, -0.05) is 39.0 Å². The van der Waals surface area contributed by atoms with Crippen LogP contribution >= 0.6 is 11.6 Å². The summed E-state index contributed by atoms with van der Waals surface area (Å²) in [4.78, 5) is 25.6. The molecule has 2 aromatic rings. The van der Waals surface area contributed by atoms with Crippen LogP contribution in [0.5, 0.6) is 0 Å². The summed E-state index contributed by atoms with van der Waals surface area (Å²) in [6.07, 6.45) is 0.203. The number of imidazole rings is 1. The normalized spacial score (nSPS) is 23.8. The summed E-state index contributed by atoms with van der Waals surface area (Å²) < 4.78 is 13.7. The zero-order chi connectivity index (χ0) is 21.0. The number of carbonyl (C=O) groups excluding carboxylic acids is 1. The van der Waals surface area contributed by atoms with Gasteiger partial charge in [-0.15, -0.1) is 0 Å². The number of carbonyl (C=O) groups is 1. The number of anilines is 1. The van der Waals surface area contributed by atoms with Crippen LogP contribution in [0, 0.1) is 0 Å². The highest BCUT2D eigenvalue weighted by atomic mass is 35.5. The van der Waals surface area contributed by atoms with Gasteiger partial charge in [0.1, 0.15) is 23.8 Å². The Hall–Kier alpha value is -1.81. The number of Topliss-reactive ketones (excluding diaryl/α,β-unsaturated/α-hetero) is 1. The fraction of sp³-hybridized carbons (Fsp3) is 0.556. The lowest BCUT2D eigenvalue weighted by molar-refractivity contribution is -0.130. The molecule has 0 bridgehead atoms. The van der Waals surface area contributed by atoms with Gasteiger partial charge in [0.25, 0.3) is 0 Å². The van der Waals surface area contributed by atoms with Crippen LogP contribution in [0.25, 0.3) is 11.2 Å². The molecule has 0 saturated heterocycles. The smallest absolute Gasteiger partial charge is 0.223 e. The molecule has 3 rings (SSSR count). The van der Waals surface area contributed by atoms with Crippen LogP contribution in [0.15, 0.2) is 18.5 Å². The van der Waals surface area contributed by atoms with E-state index in [0.29, 0.717) is 16.7 Å². The van der Waals surface area contributed by atoms with Gasteiger partial charge in [-0.25, -0.2) is 4.98 Å². The minimum Gasteiger partial charge on any atom is -0.407 e. The van der Waals surface area contributed by atoms with E-state index in [0.717, 1.165) is 0 Å². The first-order valence-corrected chi connectivity index (χ1v) is 12.3. The van der Waals surface area contributed by atoms with Gasteiger partial charge in [0, 0.05) is 7.11 Å². The molecule has 8 nitrogen and oxygen atoms in total. The van der Waals surface area contributed by atoms with Crippen LogP contribution in [0.1, 0.15) is 26.8 Å². The van der Waals surface area contributed by atoms with E-state index in [9.17, 15) is 4.79 Å². The lowest BCUT2D eigenvalue weighted by Crippen LogP contribution is -2.47. The molecule has 0 unspecified atom stereocenters. The third-order valence-electron chi connectivity index (χ3n) is 5.70. The fourth-order valence-electron chi connectivity index (χ4n) is 3.11. The lowest BCUT2D eigenvalue weighted by Gasteiger charge is -2.39. The molecule has 2 heterocycles. The van der Waals surface area contributed by atoms with E-state index in [-0.39, 0.29) is 21.9 Å². The Labute approximate surface area is 170 Å². The van der Waals surface area contributed by atoms with Crippen molar-refractivity contribution in [3.63, 3.8) is 0 Å². The van der Waals surface area contributed by atoms with Crippen molar-refractivity contribution < 1.29 is 14.0 Å². The molecular formula is C18H26ClN5O3Si. The van der Waals surface area contributed by atoms with Crippen LogP contribution in [-0.4, -0.2) is 52.9 Å². The maximum absolute atomic E-state index is 13.2. The summed E-state index contributed by atoms with van der Waals surface area (Å²) in [5.74, 6) is -0.156. The van der Waals surface area contributed by atoms with E-state index in [1.54, 1.807) is 4.57 Å². The molecule has 1 saturated carbocycles. The Balaban J connectivity index is 2.05. The maximum Gasteiger partial charge on any atom is 0.223 e. The standard InChI is InChI=1S/C18H26ClN5O3Si/c1-9-11(24-8-21-10-15(19)22-17(20)23-16(10)24)12(25)14(26-5)13(9)27-28(6,7)18(2,3)4/h8,11,13-14H,1H2,2-7H3,(H2,20,22,23)/t11-,13+,14+/m1/s1. The number of hydrogen-bond donors (Lipinski definition) is 1. The van der Waals surface area contributed by atoms with Crippen molar-refractivity contribution in [2.24, 2.45) is 0 Å². The monoisotopic (exact) mass is 423 g/mol. The third kappa shape index (κ3) is 3.26. The van der Waals surface area contributed by atoms with Gasteiger partial charge in [-0.3, -0.25) is 4.79 Å². The summed E-state index contributed by atoms with van der Waals surface area (Å²) in [5.41, 5.74) is 7.09. The van der Waals surface area contributed by atoms with E-state index in [2.05, 4.69) is 55.4 Å². The molecule has 0 amide bonds. The predicted octanol–water partition coefficient (Wildman–Crippen LogP) is 3.15. The van der Waals surface area contributed by atoms with Crippen molar-refractivity contribution in [1.82, 2.24) is 19.5 Å². The van der Waals surface area contributed by atoms with Crippen molar-refractivity contribution in [3.8, 4) is 0 Å². The van der Waals surface area contributed by atoms with Crippen molar-refractivity contribution in [2.75, 3.05) is 12.8 Å². The van der Waals surface area contributed by atoms with Gasteiger partial charge in [0.05, 0.1) is 6.33 Å². The van der Waals surface area contributed by atoms with Gasteiger partial charge in [-0.2, -0.15) is 9.97 Å². The SMILES string of the molecule is C=C1[C@@H](n2cnc3c(Cl)nc(N)nc32)C(=O)[C@H](OC)[C@H]1O[Si](C)(C)C(C)(C)C. The first-order valence-electron chi connectivity index (χ1n) is 8.97. The summed E-state index contributed by atoms with van der Waals surface area (Å²) >= 11 is 6.12. The molecule has 2 aromatic heterocycles. The number of halogens is 1. The molecule has 0 aliphatic heterocycles.